The third kappa shape index (κ3) is 13.2. The van der Waals surface area contributed by atoms with Gasteiger partial charge in [-0.1, -0.05) is 27.7 Å². The number of carbonyl (C=O) groups excluding carboxylic acids is 3. The normalized spacial score (nSPS) is 14.4. The van der Waals surface area contributed by atoms with E-state index in [0.29, 0.717) is 6.42 Å². The Morgan fingerprint density at radius 3 is 1.86 bits per heavy atom. The Hall–Kier alpha value is -3.42. The van der Waals surface area contributed by atoms with Crippen LogP contribution >= 0.6 is 0 Å². The molecule has 0 aliphatic heterocycles. The molecule has 0 spiro atoms. The van der Waals surface area contributed by atoms with Gasteiger partial charge in [0, 0.05) is 6.54 Å². The molecule has 0 aliphatic carbocycles. The lowest BCUT2D eigenvalue weighted by atomic mass is 10.00. The molecule has 0 aromatic rings. The number of carboxylic acid groups (broad SMARTS) is 2. The lowest BCUT2D eigenvalue weighted by molar-refractivity contribution is -0.144. The van der Waals surface area contributed by atoms with Gasteiger partial charge in [0.1, 0.15) is 18.1 Å². The molecule has 35 heavy (non-hydrogen) atoms. The van der Waals surface area contributed by atoms with E-state index in [1.807, 2.05) is 0 Å². The van der Waals surface area contributed by atoms with Gasteiger partial charge in [-0.15, -0.1) is 0 Å². The molecule has 14 nitrogen and oxygen atoms in total. The van der Waals surface area contributed by atoms with Gasteiger partial charge in [0.25, 0.3) is 0 Å². The third-order valence-electron chi connectivity index (χ3n) is 4.89. The van der Waals surface area contributed by atoms with Crippen molar-refractivity contribution in [1.82, 2.24) is 16.0 Å². The molecule has 0 bridgehead atoms. The van der Waals surface area contributed by atoms with Crippen molar-refractivity contribution in [3.05, 3.63) is 0 Å². The molecule has 200 valence electrons. The number of carbonyl (C=O) groups is 5. The molecule has 4 atom stereocenters. The van der Waals surface area contributed by atoms with Crippen molar-refractivity contribution < 1.29 is 34.2 Å². The number of hydrogen-bond donors (Lipinski definition) is 8. The summed E-state index contributed by atoms with van der Waals surface area (Å²) in [6, 6.07) is -4.89. The molecule has 11 N–H and O–H groups in total. The summed E-state index contributed by atoms with van der Waals surface area (Å²) < 4.78 is 0. The fraction of sp³-hybridized carbons (Fsp3) is 0.714. The highest BCUT2D eigenvalue weighted by atomic mass is 16.4. The van der Waals surface area contributed by atoms with E-state index < -0.39 is 66.2 Å². The number of nitrogens with one attached hydrogen (secondary N) is 3. The molecule has 0 aliphatic rings. The van der Waals surface area contributed by atoms with Crippen LogP contribution in [0.25, 0.3) is 0 Å². The van der Waals surface area contributed by atoms with Crippen LogP contribution in [0.5, 0.6) is 0 Å². The second-order valence-electron chi connectivity index (χ2n) is 8.97. The molecule has 0 saturated heterocycles. The fourth-order valence-corrected chi connectivity index (χ4v) is 3.06. The number of carboxylic acids is 2. The summed E-state index contributed by atoms with van der Waals surface area (Å²) in [6.45, 7) is 7.06. The molecule has 0 aromatic carbocycles. The Kier molecular flexibility index (Phi) is 14.0. The van der Waals surface area contributed by atoms with Gasteiger partial charge in [-0.25, -0.2) is 4.79 Å². The largest absolute Gasteiger partial charge is 0.481 e. The van der Waals surface area contributed by atoms with Crippen LogP contribution in [-0.4, -0.2) is 76.5 Å². The van der Waals surface area contributed by atoms with Crippen molar-refractivity contribution in [3.63, 3.8) is 0 Å². The van der Waals surface area contributed by atoms with E-state index in [1.54, 1.807) is 27.7 Å². The van der Waals surface area contributed by atoms with E-state index in [2.05, 4.69) is 20.9 Å². The topological polar surface area (TPSA) is 252 Å². The minimum Gasteiger partial charge on any atom is -0.481 e. The lowest BCUT2D eigenvalue weighted by Crippen LogP contribution is -2.58. The summed E-state index contributed by atoms with van der Waals surface area (Å²) in [5.74, 6) is -5.58. The van der Waals surface area contributed by atoms with Gasteiger partial charge in [0.15, 0.2) is 5.96 Å². The summed E-state index contributed by atoms with van der Waals surface area (Å²) >= 11 is 0. The molecule has 0 saturated carbocycles. The highest BCUT2D eigenvalue weighted by molar-refractivity contribution is 5.95. The molecule has 14 heteroatoms. The summed E-state index contributed by atoms with van der Waals surface area (Å²) in [4.78, 5) is 64.5. The first kappa shape index (κ1) is 31.6. The maximum Gasteiger partial charge on any atom is 0.326 e. The second-order valence-corrected chi connectivity index (χ2v) is 8.97. The number of nitrogens with zero attached hydrogens (tertiary/aromatic N) is 1. The summed E-state index contributed by atoms with van der Waals surface area (Å²) in [7, 11) is 0. The van der Waals surface area contributed by atoms with Gasteiger partial charge in [-0.05, 0) is 31.1 Å². The molecule has 0 fully saturated rings. The Labute approximate surface area is 204 Å². The van der Waals surface area contributed by atoms with Crippen LogP contribution in [0, 0.1) is 11.8 Å². The summed E-state index contributed by atoms with van der Waals surface area (Å²) in [5.41, 5.74) is 16.3. The van der Waals surface area contributed by atoms with Crippen molar-refractivity contribution in [2.45, 2.75) is 77.5 Å². The number of aliphatic imine (C=N–C) groups is 1. The van der Waals surface area contributed by atoms with Crippen LogP contribution in [0.1, 0.15) is 53.4 Å². The van der Waals surface area contributed by atoms with Crippen LogP contribution < -0.4 is 33.2 Å². The Morgan fingerprint density at radius 2 is 1.40 bits per heavy atom. The van der Waals surface area contributed by atoms with Crippen LogP contribution in [0.15, 0.2) is 4.99 Å². The van der Waals surface area contributed by atoms with E-state index in [0.717, 1.165) is 0 Å². The van der Waals surface area contributed by atoms with Gasteiger partial charge in [0.05, 0.1) is 12.5 Å². The quantitative estimate of drug-likeness (QED) is 0.0661. The zero-order valence-electron chi connectivity index (χ0n) is 20.6. The standard InChI is InChI=1S/C21H39N7O7/c1-10(2)8-13(19(33)28-16(11(3)4)20(34)35)27-18(32)14(9-15(29)30)26-17(31)12(22)6-5-7-25-21(23)24/h10-14,16H,5-9,22H2,1-4H3,(H,26,31)(H,27,32)(H,28,33)(H,29,30)(H,34,35)(H4,23,24,25). The van der Waals surface area contributed by atoms with Gasteiger partial charge in [-0.3, -0.25) is 24.2 Å². The van der Waals surface area contributed by atoms with Crippen molar-refractivity contribution >= 4 is 35.6 Å². The number of rotatable bonds is 16. The number of guanidine groups is 1. The Balaban J connectivity index is 5.41. The maximum atomic E-state index is 12.9. The second kappa shape index (κ2) is 15.5. The fourth-order valence-electron chi connectivity index (χ4n) is 3.06. The molecule has 0 heterocycles. The minimum absolute atomic E-state index is 0.0699. The predicted octanol–water partition coefficient (Wildman–Crippen LogP) is -1.92. The first-order chi connectivity index (χ1) is 16.1. The Morgan fingerprint density at radius 1 is 0.857 bits per heavy atom. The van der Waals surface area contributed by atoms with Crippen molar-refractivity contribution in [2.24, 2.45) is 34.0 Å². The highest BCUT2D eigenvalue weighted by Gasteiger charge is 2.32. The van der Waals surface area contributed by atoms with Gasteiger partial charge in [-0.2, -0.15) is 0 Å². The SMILES string of the molecule is CC(C)CC(NC(=O)C(CC(=O)O)NC(=O)C(N)CCCN=C(N)N)C(=O)NC(C(=O)O)C(C)C. The van der Waals surface area contributed by atoms with E-state index in [1.165, 1.54) is 0 Å². The number of hydrogen-bond acceptors (Lipinski definition) is 7. The molecule has 0 aromatic heterocycles. The Bertz CT molecular complexity index is 782. The maximum absolute atomic E-state index is 12.9. The number of amides is 3. The molecule has 3 amide bonds. The van der Waals surface area contributed by atoms with E-state index in [4.69, 9.17) is 17.2 Å². The van der Waals surface area contributed by atoms with Gasteiger partial charge in [0.2, 0.25) is 17.7 Å². The molecular formula is C21H39N7O7. The summed E-state index contributed by atoms with van der Waals surface area (Å²) in [5, 5.41) is 25.7. The third-order valence-corrected chi connectivity index (χ3v) is 4.89. The zero-order valence-corrected chi connectivity index (χ0v) is 20.6. The van der Waals surface area contributed by atoms with Gasteiger partial charge >= 0.3 is 11.9 Å². The number of aliphatic carboxylic acids is 2. The summed E-state index contributed by atoms with van der Waals surface area (Å²) in [6.07, 6.45) is -0.0498. The minimum atomic E-state index is -1.51. The number of nitrogens with two attached hydrogens (primary N) is 3. The predicted molar refractivity (Wildman–Crippen MR) is 128 cm³/mol. The van der Waals surface area contributed by atoms with Crippen LogP contribution in [0.3, 0.4) is 0 Å². The molecule has 0 rings (SSSR count). The monoisotopic (exact) mass is 501 g/mol. The lowest BCUT2D eigenvalue weighted by Gasteiger charge is -2.26. The van der Waals surface area contributed by atoms with Crippen LogP contribution in [-0.2, 0) is 24.0 Å². The average molecular weight is 502 g/mol. The van der Waals surface area contributed by atoms with E-state index in [-0.39, 0.29) is 31.3 Å². The van der Waals surface area contributed by atoms with E-state index >= 15 is 0 Å². The zero-order chi connectivity index (χ0) is 27.3. The van der Waals surface area contributed by atoms with Gasteiger partial charge < -0.3 is 43.4 Å². The molecule has 4 unspecified atom stereocenters. The molecular weight excluding hydrogens is 462 g/mol. The average Bonchev–Trinajstić information content (AvgIpc) is 2.72. The smallest absolute Gasteiger partial charge is 0.326 e. The van der Waals surface area contributed by atoms with Crippen molar-refractivity contribution in [2.75, 3.05) is 6.54 Å². The van der Waals surface area contributed by atoms with Crippen LogP contribution in [0.4, 0.5) is 0 Å². The molecule has 0 radical (unpaired) electrons. The first-order valence-electron chi connectivity index (χ1n) is 11.3. The van der Waals surface area contributed by atoms with Crippen molar-refractivity contribution in [1.29, 1.82) is 0 Å². The van der Waals surface area contributed by atoms with Crippen molar-refractivity contribution in [3.8, 4) is 0 Å². The van der Waals surface area contributed by atoms with E-state index in [9.17, 15) is 34.2 Å². The van der Waals surface area contributed by atoms with Crippen LogP contribution in [0.2, 0.25) is 0 Å². The highest BCUT2D eigenvalue weighted by Crippen LogP contribution is 2.09. The first-order valence-corrected chi connectivity index (χ1v) is 11.3.